The van der Waals surface area contributed by atoms with Crippen molar-refractivity contribution in [3.05, 3.63) is 59.5 Å². The van der Waals surface area contributed by atoms with Crippen LogP contribution in [0.25, 0.3) is 5.65 Å². The Labute approximate surface area is 128 Å². The molecule has 0 aliphatic heterocycles. The summed E-state index contributed by atoms with van der Waals surface area (Å²) in [4.78, 5) is 17.2. The molecule has 1 amide bonds. The van der Waals surface area contributed by atoms with Crippen LogP contribution in [-0.4, -0.2) is 20.4 Å². The molecule has 0 fully saturated rings. The molecule has 3 rings (SSSR count). The quantitative estimate of drug-likeness (QED) is 0.729. The van der Waals surface area contributed by atoms with E-state index >= 15 is 0 Å². The van der Waals surface area contributed by atoms with E-state index in [9.17, 15) is 9.90 Å². The standard InChI is InChI=1S/C17H17N3O2/c1-3-12-15(20-10-6-7-11(2)16(20)18-12)17(22)19-13-8-4-5-9-14(13)21/h4-10,21H,3H2,1-2H3,(H,19,22). The number of phenolic OH excluding ortho intramolecular Hbond substituents is 1. The Balaban J connectivity index is 2.07. The number of carbonyl (C=O) groups excluding carboxylic acids is 1. The zero-order valence-electron chi connectivity index (χ0n) is 12.5. The van der Waals surface area contributed by atoms with Gasteiger partial charge < -0.3 is 10.4 Å². The van der Waals surface area contributed by atoms with Crippen LogP contribution >= 0.6 is 0 Å². The van der Waals surface area contributed by atoms with E-state index in [1.807, 2.05) is 32.2 Å². The van der Waals surface area contributed by atoms with Gasteiger partial charge in [0, 0.05) is 6.20 Å². The summed E-state index contributed by atoms with van der Waals surface area (Å²) in [7, 11) is 0. The van der Waals surface area contributed by atoms with Gasteiger partial charge in [-0.2, -0.15) is 0 Å². The minimum absolute atomic E-state index is 0.0406. The summed E-state index contributed by atoms with van der Waals surface area (Å²) in [6.45, 7) is 3.93. The summed E-state index contributed by atoms with van der Waals surface area (Å²) in [5.74, 6) is -0.240. The number of aryl methyl sites for hydroxylation is 2. The highest BCUT2D eigenvalue weighted by Gasteiger charge is 2.19. The second kappa shape index (κ2) is 5.52. The third kappa shape index (κ3) is 2.30. The highest BCUT2D eigenvalue weighted by molar-refractivity contribution is 6.05. The van der Waals surface area contributed by atoms with E-state index in [0.29, 0.717) is 17.8 Å². The van der Waals surface area contributed by atoms with Crippen LogP contribution in [-0.2, 0) is 6.42 Å². The number of aromatic hydroxyl groups is 1. The van der Waals surface area contributed by atoms with Gasteiger partial charge in [0.25, 0.3) is 5.91 Å². The number of anilines is 1. The van der Waals surface area contributed by atoms with Gasteiger partial charge in [-0.15, -0.1) is 0 Å². The first-order valence-electron chi connectivity index (χ1n) is 7.17. The molecule has 22 heavy (non-hydrogen) atoms. The molecule has 0 aliphatic rings. The first kappa shape index (κ1) is 14.1. The van der Waals surface area contributed by atoms with Crippen molar-refractivity contribution in [3.8, 4) is 5.75 Å². The third-order valence-corrected chi connectivity index (χ3v) is 3.62. The second-order valence-electron chi connectivity index (χ2n) is 5.12. The number of hydrogen-bond donors (Lipinski definition) is 2. The highest BCUT2D eigenvalue weighted by atomic mass is 16.3. The molecule has 0 atom stereocenters. The SMILES string of the molecule is CCc1nc2c(C)cccn2c1C(=O)Nc1ccccc1O. The second-order valence-corrected chi connectivity index (χ2v) is 5.12. The largest absolute Gasteiger partial charge is 0.506 e. The molecule has 3 aromatic rings. The molecule has 0 radical (unpaired) electrons. The van der Waals surface area contributed by atoms with Crippen molar-refractivity contribution in [2.45, 2.75) is 20.3 Å². The van der Waals surface area contributed by atoms with Gasteiger partial charge in [-0.05, 0) is 37.1 Å². The summed E-state index contributed by atoms with van der Waals surface area (Å²) in [6.07, 6.45) is 2.49. The van der Waals surface area contributed by atoms with Crippen molar-refractivity contribution < 1.29 is 9.90 Å². The molecule has 0 saturated heterocycles. The van der Waals surface area contributed by atoms with Crippen LogP contribution < -0.4 is 5.32 Å². The Kier molecular flexibility index (Phi) is 3.55. The lowest BCUT2D eigenvalue weighted by molar-refractivity contribution is 0.102. The van der Waals surface area contributed by atoms with Crippen LogP contribution in [0.3, 0.4) is 0 Å². The molecule has 2 N–H and O–H groups in total. The molecular weight excluding hydrogens is 278 g/mol. The Morgan fingerprint density at radius 3 is 2.77 bits per heavy atom. The van der Waals surface area contributed by atoms with E-state index in [4.69, 9.17) is 0 Å². The fourth-order valence-electron chi connectivity index (χ4n) is 2.50. The monoisotopic (exact) mass is 295 g/mol. The number of fused-ring (bicyclic) bond motifs is 1. The van der Waals surface area contributed by atoms with Crippen molar-refractivity contribution in [2.75, 3.05) is 5.32 Å². The van der Waals surface area contributed by atoms with Gasteiger partial charge in [-0.25, -0.2) is 4.98 Å². The van der Waals surface area contributed by atoms with Gasteiger partial charge in [0.1, 0.15) is 17.1 Å². The zero-order chi connectivity index (χ0) is 15.7. The van der Waals surface area contributed by atoms with E-state index in [2.05, 4.69) is 10.3 Å². The molecule has 2 heterocycles. The maximum absolute atomic E-state index is 12.6. The van der Waals surface area contributed by atoms with E-state index < -0.39 is 0 Å². The number of carbonyl (C=O) groups is 1. The van der Waals surface area contributed by atoms with E-state index in [1.165, 1.54) is 6.07 Å². The molecule has 0 unspecified atom stereocenters. The van der Waals surface area contributed by atoms with Crippen molar-refractivity contribution >= 4 is 17.2 Å². The maximum atomic E-state index is 12.6. The lowest BCUT2D eigenvalue weighted by atomic mass is 10.2. The third-order valence-electron chi connectivity index (χ3n) is 3.62. The summed E-state index contributed by atoms with van der Waals surface area (Å²) in [5, 5.41) is 12.6. The number of aromatic nitrogens is 2. The van der Waals surface area contributed by atoms with Gasteiger partial charge >= 0.3 is 0 Å². The van der Waals surface area contributed by atoms with Crippen LogP contribution in [0.15, 0.2) is 42.6 Å². The number of nitrogens with one attached hydrogen (secondary N) is 1. The molecular formula is C17H17N3O2. The highest BCUT2D eigenvalue weighted by Crippen LogP contribution is 2.23. The summed E-state index contributed by atoms with van der Waals surface area (Å²) in [5.41, 5.74) is 3.42. The lowest BCUT2D eigenvalue weighted by Gasteiger charge is -2.08. The maximum Gasteiger partial charge on any atom is 0.274 e. The van der Waals surface area contributed by atoms with Gasteiger partial charge in [0.05, 0.1) is 11.4 Å². The predicted octanol–water partition coefficient (Wildman–Crippen LogP) is 3.16. The van der Waals surface area contributed by atoms with Crippen LogP contribution in [0.4, 0.5) is 5.69 Å². The molecule has 0 aliphatic carbocycles. The number of amides is 1. The van der Waals surface area contributed by atoms with Crippen LogP contribution in [0.2, 0.25) is 0 Å². The molecule has 5 nitrogen and oxygen atoms in total. The Hall–Kier alpha value is -2.82. The lowest BCUT2D eigenvalue weighted by Crippen LogP contribution is -2.16. The average molecular weight is 295 g/mol. The van der Waals surface area contributed by atoms with Gasteiger partial charge in [-0.1, -0.05) is 25.1 Å². The minimum atomic E-state index is -0.281. The first-order valence-corrected chi connectivity index (χ1v) is 7.17. The van der Waals surface area contributed by atoms with Gasteiger partial charge in [0.2, 0.25) is 0 Å². The average Bonchev–Trinajstić information content (AvgIpc) is 2.89. The van der Waals surface area contributed by atoms with Crippen molar-refractivity contribution in [3.63, 3.8) is 0 Å². The number of pyridine rings is 1. The Morgan fingerprint density at radius 1 is 1.27 bits per heavy atom. The van der Waals surface area contributed by atoms with Crippen LogP contribution in [0.5, 0.6) is 5.75 Å². The summed E-state index contributed by atoms with van der Waals surface area (Å²) >= 11 is 0. The number of rotatable bonds is 3. The minimum Gasteiger partial charge on any atom is -0.506 e. The fraction of sp³-hybridized carbons (Fsp3) is 0.176. The van der Waals surface area contributed by atoms with Gasteiger partial charge in [0.15, 0.2) is 0 Å². The number of imidazole rings is 1. The molecule has 2 aromatic heterocycles. The summed E-state index contributed by atoms with van der Waals surface area (Å²) in [6, 6.07) is 10.5. The van der Waals surface area contributed by atoms with Crippen molar-refractivity contribution in [1.82, 2.24) is 9.38 Å². The van der Waals surface area contributed by atoms with Crippen molar-refractivity contribution in [2.24, 2.45) is 0 Å². The number of phenols is 1. The Bertz CT molecular complexity index is 852. The van der Waals surface area contributed by atoms with Crippen LogP contribution in [0.1, 0.15) is 28.7 Å². The normalized spacial score (nSPS) is 10.8. The molecule has 0 bridgehead atoms. The predicted molar refractivity (Wildman–Crippen MR) is 85.4 cm³/mol. The number of benzene rings is 1. The van der Waals surface area contributed by atoms with E-state index in [1.54, 1.807) is 22.6 Å². The van der Waals surface area contributed by atoms with E-state index in [-0.39, 0.29) is 11.7 Å². The van der Waals surface area contributed by atoms with Crippen molar-refractivity contribution in [1.29, 1.82) is 0 Å². The molecule has 5 heteroatoms. The first-order chi connectivity index (χ1) is 10.6. The summed E-state index contributed by atoms with van der Waals surface area (Å²) < 4.78 is 1.80. The number of para-hydroxylation sites is 2. The zero-order valence-corrected chi connectivity index (χ0v) is 12.5. The molecule has 1 aromatic carbocycles. The van der Waals surface area contributed by atoms with E-state index in [0.717, 1.165) is 16.9 Å². The number of nitrogens with zero attached hydrogens (tertiary/aromatic N) is 2. The Morgan fingerprint density at radius 2 is 2.05 bits per heavy atom. The molecule has 0 spiro atoms. The fourth-order valence-corrected chi connectivity index (χ4v) is 2.50. The molecule has 112 valence electrons. The topological polar surface area (TPSA) is 66.6 Å². The molecule has 0 saturated carbocycles. The van der Waals surface area contributed by atoms with Gasteiger partial charge in [-0.3, -0.25) is 9.20 Å². The van der Waals surface area contributed by atoms with Crippen LogP contribution in [0, 0.1) is 6.92 Å². The smallest absolute Gasteiger partial charge is 0.274 e. The number of hydrogen-bond acceptors (Lipinski definition) is 3.